The monoisotopic (exact) mass is 191 g/mol. The van der Waals surface area contributed by atoms with E-state index in [9.17, 15) is 4.79 Å². The number of fused-ring (bicyclic) bond motifs is 1. The number of benzene rings is 1. The SMILES string of the molecule is COCc1cccc2c1CCNC2=O. The second-order valence-electron chi connectivity index (χ2n) is 3.38. The van der Waals surface area contributed by atoms with Crippen molar-refractivity contribution in [2.24, 2.45) is 0 Å². The Morgan fingerprint density at radius 3 is 3.14 bits per heavy atom. The highest BCUT2D eigenvalue weighted by Gasteiger charge is 2.18. The lowest BCUT2D eigenvalue weighted by atomic mass is 9.95. The van der Waals surface area contributed by atoms with Gasteiger partial charge < -0.3 is 10.1 Å². The van der Waals surface area contributed by atoms with Gasteiger partial charge in [0.25, 0.3) is 5.91 Å². The van der Waals surface area contributed by atoms with E-state index in [0.717, 1.165) is 29.7 Å². The van der Waals surface area contributed by atoms with E-state index in [1.54, 1.807) is 7.11 Å². The fourth-order valence-corrected chi connectivity index (χ4v) is 1.83. The minimum absolute atomic E-state index is 0.0317. The van der Waals surface area contributed by atoms with Crippen LogP contribution < -0.4 is 5.32 Å². The molecule has 1 heterocycles. The number of nitrogens with one attached hydrogen (secondary N) is 1. The fraction of sp³-hybridized carbons (Fsp3) is 0.364. The molecule has 1 aliphatic rings. The Morgan fingerprint density at radius 2 is 2.36 bits per heavy atom. The molecule has 1 aromatic carbocycles. The molecule has 1 amide bonds. The number of rotatable bonds is 2. The van der Waals surface area contributed by atoms with Crippen molar-refractivity contribution in [1.82, 2.24) is 5.32 Å². The van der Waals surface area contributed by atoms with Gasteiger partial charge in [-0.05, 0) is 23.6 Å². The van der Waals surface area contributed by atoms with Crippen molar-refractivity contribution >= 4 is 5.91 Å². The van der Waals surface area contributed by atoms with E-state index in [1.807, 2.05) is 18.2 Å². The topological polar surface area (TPSA) is 38.3 Å². The molecule has 0 saturated carbocycles. The molecular formula is C11H13NO2. The summed E-state index contributed by atoms with van der Waals surface area (Å²) >= 11 is 0. The van der Waals surface area contributed by atoms with Gasteiger partial charge in [-0.3, -0.25) is 4.79 Å². The summed E-state index contributed by atoms with van der Waals surface area (Å²) in [7, 11) is 1.67. The van der Waals surface area contributed by atoms with Gasteiger partial charge in [0.15, 0.2) is 0 Å². The summed E-state index contributed by atoms with van der Waals surface area (Å²) in [6.45, 7) is 1.31. The number of methoxy groups -OCH3 is 1. The molecule has 0 aromatic heterocycles. The van der Waals surface area contributed by atoms with Crippen molar-refractivity contribution in [3.63, 3.8) is 0 Å². The third kappa shape index (κ3) is 1.51. The van der Waals surface area contributed by atoms with E-state index >= 15 is 0 Å². The molecule has 14 heavy (non-hydrogen) atoms. The van der Waals surface area contributed by atoms with Gasteiger partial charge in [-0.1, -0.05) is 12.1 Å². The van der Waals surface area contributed by atoms with E-state index in [2.05, 4.69) is 5.32 Å². The molecule has 1 aromatic rings. The number of amides is 1. The van der Waals surface area contributed by atoms with Gasteiger partial charge in [-0.25, -0.2) is 0 Å². The average molecular weight is 191 g/mol. The molecule has 0 atom stereocenters. The van der Waals surface area contributed by atoms with Gasteiger partial charge in [-0.2, -0.15) is 0 Å². The first kappa shape index (κ1) is 9.21. The molecule has 0 unspecified atom stereocenters. The second kappa shape index (κ2) is 3.80. The number of carbonyl (C=O) groups is 1. The van der Waals surface area contributed by atoms with Crippen LogP contribution >= 0.6 is 0 Å². The second-order valence-corrected chi connectivity index (χ2v) is 3.38. The smallest absolute Gasteiger partial charge is 0.251 e. The minimum atomic E-state index is 0.0317. The molecule has 0 aliphatic carbocycles. The van der Waals surface area contributed by atoms with Crippen LogP contribution in [-0.4, -0.2) is 19.6 Å². The van der Waals surface area contributed by atoms with Crippen molar-refractivity contribution in [2.45, 2.75) is 13.0 Å². The Labute approximate surface area is 83.1 Å². The van der Waals surface area contributed by atoms with E-state index in [0.29, 0.717) is 6.61 Å². The summed E-state index contributed by atoms with van der Waals surface area (Å²) < 4.78 is 5.10. The van der Waals surface area contributed by atoms with Crippen LogP contribution in [0.2, 0.25) is 0 Å². The Bertz CT molecular complexity index is 360. The Kier molecular flexibility index (Phi) is 2.50. The predicted molar refractivity (Wildman–Crippen MR) is 53.2 cm³/mol. The largest absolute Gasteiger partial charge is 0.380 e. The van der Waals surface area contributed by atoms with Crippen LogP contribution in [0, 0.1) is 0 Å². The van der Waals surface area contributed by atoms with Crippen molar-refractivity contribution in [3.05, 3.63) is 34.9 Å². The molecule has 2 rings (SSSR count). The first-order valence-corrected chi connectivity index (χ1v) is 4.71. The zero-order chi connectivity index (χ0) is 9.97. The molecule has 0 bridgehead atoms. The van der Waals surface area contributed by atoms with Crippen LogP contribution in [0.15, 0.2) is 18.2 Å². The highest BCUT2D eigenvalue weighted by atomic mass is 16.5. The summed E-state index contributed by atoms with van der Waals surface area (Å²) in [6, 6.07) is 5.78. The Balaban J connectivity index is 2.44. The molecule has 0 saturated heterocycles. The Hall–Kier alpha value is -1.35. The molecule has 3 nitrogen and oxygen atoms in total. The lowest BCUT2D eigenvalue weighted by Crippen LogP contribution is -2.32. The van der Waals surface area contributed by atoms with E-state index in [1.165, 1.54) is 0 Å². The van der Waals surface area contributed by atoms with Gasteiger partial charge in [-0.15, -0.1) is 0 Å². The van der Waals surface area contributed by atoms with E-state index in [-0.39, 0.29) is 5.91 Å². The molecule has 1 N–H and O–H groups in total. The van der Waals surface area contributed by atoms with Crippen LogP contribution in [-0.2, 0) is 17.8 Å². The summed E-state index contributed by atoms with van der Waals surface area (Å²) in [5, 5.41) is 2.83. The average Bonchev–Trinajstić information content (AvgIpc) is 2.20. The van der Waals surface area contributed by atoms with Gasteiger partial charge in [0.2, 0.25) is 0 Å². The van der Waals surface area contributed by atoms with Gasteiger partial charge in [0.1, 0.15) is 0 Å². The maximum absolute atomic E-state index is 11.5. The minimum Gasteiger partial charge on any atom is -0.380 e. The quantitative estimate of drug-likeness (QED) is 0.760. The maximum Gasteiger partial charge on any atom is 0.251 e. The lowest BCUT2D eigenvalue weighted by molar-refractivity contribution is 0.0945. The van der Waals surface area contributed by atoms with Crippen LogP contribution in [0.5, 0.6) is 0 Å². The van der Waals surface area contributed by atoms with Crippen LogP contribution in [0.3, 0.4) is 0 Å². The van der Waals surface area contributed by atoms with Gasteiger partial charge >= 0.3 is 0 Å². The number of ether oxygens (including phenoxy) is 1. The van der Waals surface area contributed by atoms with E-state index < -0.39 is 0 Å². The highest BCUT2D eigenvalue weighted by Crippen LogP contribution is 2.19. The number of carbonyl (C=O) groups excluding carboxylic acids is 1. The summed E-state index contributed by atoms with van der Waals surface area (Å²) in [5.41, 5.74) is 3.06. The fourth-order valence-electron chi connectivity index (χ4n) is 1.83. The maximum atomic E-state index is 11.5. The zero-order valence-electron chi connectivity index (χ0n) is 8.17. The third-order valence-corrected chi connectivity index (χ3v) is 2.48. The standard InChI is InChI=1S/C11H13NO2/c1-14-7-8-3-2-4-10-9(8)5-6-12-11(10)13/h2-4H,5-7H2,1H3,(H,12,13). The summed E-state index contributed by atoms with van der Waals surface area (Å²) in [5.74, 6) is 0.0317. The molecule has 0 radical (unpaired) electrons. The number of hydrogen-bond donors (Lipinski definition) is 1. The lowest BCUT2D eigenvalue weighted by Gasteiger charge is -2.19. The van der Waals surface area contributed by atoms with Crippen LogP contribution in [0.1, 0.15) is 21.5 Å². The Morgan fingerprint density at radius 1 is 1.50 bits per heavy atom. The van der Waals surface area contributed by atoms with Crippen molar-refractivity contribution < 1.29 is 9.53 Å². The first-order valence-electron chi connectivity index (χ1n) is 4.71. The highest BCUT2D eigenvalue weighted by molar-refractivity contribution is 5.97. The van der Waals surface area contributed by atoms with E-state index in [4.69, 9.17) is 4.74 Å². The molecular weight excluding hydrogens is 178 g/mol. The molecule has 74 valence electrons. The van der Waals surface area contributed by atoms with Crippen LogP contribution in [0.25, 0.3) is 0 Å². The van der Waals surface area contributed by atoms with Crippen LogP contribution in [0.4, 0.5) is 0 Å². The molecule has 0 spiro atoms. The summed E-state index contributed by atoms with van der Waals surface area (Å²) in [4.78, 5) is 11.5. The molecule has 1 aliphatic heterocycles. The van der Waals surface area contributed by atoms with Crippen molar-refractivity contribution in [1.29, 1.82) is 0 Å². The third-order valence-electron chi connectivity index (χ3n) is 2.48. The zero-order valence-corrected chi connectivity index (χ0v) is 8.17. The van der Waals surface area contributed by atoms with Gasteiger partial charge in [0, 0.05) is 19.2 Å². The number of hydrogen-bond acceptors (Lipinski definition) is 2. The predicted octanol–water partition coefficient (Wildman–Crippen LogP) is 1.12. The normalized spacial score (nSPS) is 14.8. The summed E-state index contributed by atoms with van der Waals surface area (Å²) in [6.07, 6.45) is 0.903. The van der Waals surface area contributed by atoms with Crippen molar-refractivity contribution in [3.8, 4) is 0 Å². The first-order chi connectivity index (χ1) is 6.83. The van der Waals surface area contributed by atoms with Gasteiger partial charge in [0.05, 0.1) is 6.61 Å². The van der Waals surface area contributed by atoms with Crippen molar-refractivity contribution in [2.75, 3.05) is 13.7 Å². The molecule has 3 heteroatoms. The molecule has 0 fully saturated rings.